The van der Waals surface area contributed by atoms with Crippen LogP contribution in [0.5, 0.6) is 0 Å². The Morgan fingerprint density at radius 2 is 2.37 bits per heavy atom. The van der Waals surface area contributed by atoms with E-state index in [1.54, 1.807) is 0 Å². The molecule has 104 valence electrons. The van der Waals surface area contributed by atoms with E-state index < -0.39 is 0 Å². The van der Waals surface area contributed by atoms with Crippen LogP contribution in [0, 0.1) is 5.92 Å². The van der Waals surface area contributed by atoms with Crippen molar-refractivity contribution in [3.8, 4) is 0 Å². The SMILES string of the molecule is C=C(C)CC(C)C(=O)NCc1cc2n(n1)CCCC2. The third-order valence-electron chi connectivity index (χ3n) is 3.51. The first-order valence-electron chi connectivity index (χ1n) is 7.04. The fourth-order valence-corrected chi connectivity index (χ4v) is 2.53. The molecular weight excluding hydrogens is 238 g/mol. The van der Waals surface area contributed by atoms with E-state index >= 15 is 0 Å². The molecule has 2 heterocycles. The molecule has 1 amide bonds. The molecule has 2 rings (SSSR count). The van der Waals surface area contributed by atoms with Crippen LogP contribution in [0.25, 0.3) is 0 Å². The van der Waals surface area contributed by atoms with Crippen molar-refractivity contribution in [2.75, 3.05) is 0 Å². The Balaban J connectivity index is 1.86. The van der Waals surface area contributed by atoms with Crippen molar-refractivity contribution in [3.05, 3.63) is 29.6 Å². The number of carbonyl (C=O) groups excluding carboxylic acids is 1. The van der Waals surface area contributed by atoms with E-state index in [2.05, 4.69) is 27.7 Å². The van der Waals surface area contributed by atoms with Gasteiger partial charge in [-0.05, 0) is 38.7 Å². The molecule has 0 radical (unpaired) electrons. The number of aromatic nitrogens is 2. The number of allylic oxidation sites excluding steroid dienone is 1. The lowest BCUT2D eigenvalue weighted by Crippen LogP contribution is -2.29. The zero-order valence-corrected chi connectivity index (χ0v) is 11.9. The van der Waals surface area contributed by atoms with Crippen molar-refractivity contribution in [2.24, 2.45) is 5.92 Å². The van der Waals surface area contributed by atoms with E-state index in [9.17, 15) is 4.79 Å². The van der Waals surface area contributed by atoms with Crippen molar-refractivity contribution in [1.29, 1.82) is 0 Å². The number of amides is 1. The molecule has 0 fully saturated rings. The van der Waals surface area contributed by atoms with Gasteiger partial charge in [0.2, 0.25) is 5.91 Å². The average molecular weight is 261 g/mol. The van der Waals surface area contributed by atoms with Crippen LogP contribution < -0.4 is 5.32 Å². The minimum absolute atomic E-state index is 0.0188. The number of rotatable bonds is 5. The van der Waals surface area contributed by atoms with Crippen LogP contribution in [0.15, 0.2) is 18.2 Å². The first-order valence-corrected chi connectivity index (χ1v) is 7.04. The van der Waals surface area contributed by atoms with E-state index in [-0.39, 0.29) is 11.8 Å². The summed E-state index contributed by atoms with van der Waals surface area (Å²) in [5.41, 5.74) is 3.30. The molecule has 1 N–H and O–H groups in total. The van der Waals surface area contributed by atoms with E-state index in [1.807, 2.05) is 13.8 Å². The lowest BCUT2D eigenvalue weighted by Gasteiger charge is -2.12. The lowest BCUT2D eigenvalue weighted by atomic mass is 10.0. The van der Waals surface area contributed by atoms with Crippen LogP contribution in [0.2, 0.25) is 0 Å². The average Bonchev–Trinajstić information content (AvgIpc) is 2.77. The molecule has 0 saturated heterocycles. The van der Waals surface area contributed by atoms with Gasteiger partial charge in [-0.15, -0.1) is 6.58 Å². The summed E-state index contributed by atoms with van der Waals surface area (Å²) in [6.07, 6.45) is 4.29. The van der Waals surface area contributed by atoms with Crippen LogP contribution in [0.4, 0.5) is 0 Å². The standard InChI is InChI=1S/C15H23N3O/c1-11(2)8-12(3)15(19)16-10-13-9-14-6-4-5-7-18(14)17-13/h9,12H,1,4-8,10H2,2-3H3,(H,16,19). The van der Waals surface area contributed by atoms with Crippen molar-refractivity contribution >= 4 is 5.91 Å². The molecule has 0 saturated carbocycles. The minimum atomic E-state index is -0.0188. The summed E-state index contributed by atoms with van der Waals surface area (Å²) in [4.78, 5) is 11.9. The van der Waals surface area contributed by atoms with Gasteiger partial charge in [0.15, 0.2) is 0 Å². The smallest absolute Gasteiger partial charge is 0.223 e. The van der Waals surface area contributed by atoms with Gasteiger partial charge >= 0.3 is 0 Å². The Bertz CT molecular complexity index is 452. The third kappa shape index (κ3) is 3.69. The quantitative estimate of drug-likeness (QED) is 0.828. The molecule has 4 nitrogen and oxygen atoms in total. The number of aryl methyl sites for hydroxylation is 2. The van der Waals surface area contributed by atoms with Gasteiger partial charge in [-0.2, -0.15) is 5.10 Å². The van der Waals surface area contributed by atoms with Gasteiger partial charge in [0.1, 0.15) is 0 Å². The van der Waals surface area contributed by atoms with Crippen LogP contribution in [-0.2, 0) is 24.3 Å². The molecule has 19 heavy (non-hydrogen) atoms. The molecule has 0 aromatic carbocycles. The molecule has 4 heteroatoms. The number of hydrogen-bond acceptors (Lipinski definition) is 2. The second-order valence-corrected chi connectivity index (χ2v) is 5.59. The monoisotopic (exact) mass is 261 g/mol. The molecule has 1 aliphatic heterocycles. The fourth-order valence-electron chi connectivity index (χ4n) is 2.53. The topological polar surface area (TPSA) is 46.9 Å². The highest BCUT2D eigenvalue weighted by Crippen LogP contribution is 2.15. The van der Waals surface area contributed by atoms with Crippen molar-refractivity contribution in [3.63, 3.8) is 0 Å². The van der Waals surface area contributed by atoms with Gasteiger partial charge in [-0.25, -0.2) is 0 Å². The zero-order chi connectivity index (χ0) is 13.8. The number of nitrogens with zero attached hydrogens (tertiary/aromatic N) is 2. The predicted molar refractivity (Wildman–Crippen MR) is 75.6 cm³/mol. The van der Waals surface area contributed by atoms with E-state index in [4.69, 9.17) is 0 Å². The van der Waals surface area contributed by atoms with Gasteiger partial charge in [-0.3, -0.25) is 9.48 Å². The van der Waals surface area contributed by atoms with Gasteiger partial charge in [0.05, 0.1) is 12.2 Å². The van der Waals surface area contributed by atoms with Crippen LogP contribution in [0.1, 0.15) is 44.5 Å². The highest BCUT2D eigenvalue weighted by molar-refractivity contribution is 5.78. The fraction of sp³-hybridized carbons (Fsp3) is 0.600. The Labute approximate surface area is 114 Å². The predicted octanol–water partition coefficient (Wildman–Crippen LogP) is 2.44. The maximum atomic E-state index is 11.9. The van der Waals surface area contributed by atoms with Crippen LogP contribution in [0.3, 0.4) is 0 Å². The van der Waals surface area contributed by atoms with Crippen molar-refractivity contribution < 1.29 is 4.79 Å². The summed E-state index contributed by atoms with van der Waals surface area (Å²) in [6.45, 7) is 9.26. The second kappa shape index (κ2) is 6.04. The summed E-state index contributed by atoms with van der Waals surface area (Å²) in [5, 5.41) is 7.48. The summed E-state index contributed by atoms with van der Waals surface area (Å²) < 4.78 is 2.07. The summed E-state index contributed by atoms with van der Waals surface area (Å²) >= 11 is 0. The Hall–Kier alpha value is -1.58. The molecule has 1 aromatic rings. The summed E-state index contributed by atoms with van der Waals surface area (Å²) in [5.74, 6) is 0.0590. The maximum Gasteiger partial charge on any atom is 0.223 e. The number of nitrogens with one attached hydrogen (secondary N) is 1. The van der Waals surface area contributed by atoms with Crippen LogP contribution >= 0.6 is 0 Å². The molecule has 1 aliphatic rings. The van der Waals surface area contributed by atoms with Crippen molar-refractivity contribution in [1.82, 2.24) is 15.1 Å². The minimum Gasteiger partial charge on any atom is -0.350 e. The molecule has 0 spiro atoms. The first-order chi connectivity index (χ1) is 9.06. The van der Waals surface area contributed by atoms with Gasteiger partial charge in [-0.1, -0.05) is 12.5 Å². The normalized spacial score (nSPS) is 15.7. The highest BCUT2D eigenvalue weighted by atomic mass is 16.1. The van der Waals surface area contributed by atoms with Crippen molar-refractivity contribution in [2.45, 2.75) is 52.6 Å². The van der Waals surface area contributed by atoms with E-state index in [0.29, 0.717) is 6.54 Å². The van der Waals surface area contributed by atoms with Gasteiger partial charge < -0.3 is 5.32 Å². The number of hydrogen-bond donors (Lipinski definition) is 1. The lowest BCUT2D eigenvalue weighted by molar-refractivity contribution is -0.124. The highest BCUT2D eigenvalue weighted by Gasteiger charge is 2.15. The molecule has 1 atom stereocenters. The molecule has 0 aliphatic carbocycles. The number of carbonyl (C=O) groups is 1. The third-order valence-corrected chi connectivity index (χ3v) is 3.51. The van der Waals surface area contributed by atoms with E-state index in [0.717, 1.165) is 30.7 Å². The number of fused-ring (bicyclic) bond motifs is 1. The van der Waals surface area contributed by atoms with Gasteiger partial charge in [0, 0.05) is 18.2 Å². The molecule has 0 bridgehead atoms. The molecular formula is C15H23N3O. The zero-order valence-electron chi connectivity index (χ0n) is 11.9. The van der Waals surface area contributed by atoms with Crippen LogP contribution in [-0.4, -0.2) is 15.7 Å². The Morgan fingerprint density at radius 1 is 1.58 bits per heavy atom. The summed E-state index contributed by atoms with van der Waals surface area (Å²) in [6, 6.07) is 2.11. The summed E-state index contributed by atoms with van der Waals surface area (Å²) in [7, 11) is 0. The maximum absolute atomic E-state index is 11.9. The molecule has 1 unspecified atom stereocenters. The molecule has 1 aromatic heterocycles. The van der Waals surface area contributed by atoms with E-state index in [1.165, 1.54) is 18.5 Å². The second-order valence-electron chi connectivity index (χ2n) is 5.59. The Kier molecular flexibility index (Phi) is 4.40. The van der Waals surface area contributed by atoms with Gasteiger partial charge in [0.25, 0.3) is 0 Å². The largest absolute Gasteiger partial charge is 0.350 e. The first kappa shape index (κ1) is 13.8. The Morgan fingerprint density at radius 3 is 3.05 bits per heavy atom.